The zero-order valence-electron chi connectivity index (χ0n) is 10.4. The van der Waals surface area contributed by atoms with Crippen molar-refractivity contribution in [3.05, 3.63) is 36.4 Å². The lowest BCUT2D eigenvalue weighted by molar-refractivity contribution is -0.119. The van der Waals surface area contributed by atoms with E-state index in [9.17, 15) is 4.79 Å². The Morgan fingerprint density at radius 1 is 1.53 bits per heavy atom. The minimum Gasteiger partial charge on any atom is -0.373 e. The van der Waals surface area contributed by atoms with Crippen molar-refractivity contribution in [2.45, 2.75) is 26.3 Å². The van der Waals surface area contributed by atoms with E-state index >= 15 is 0 Å². The number of primary amides is 1. The van der Waals surface area contributed by atoms with E-state index in [-0.39, 0.29) is 17.9 Å². The van der Waals surface area contributed by atoms with Gasteiger partial charge in [-0.15, -0.1) is 0 Å². The first-order chi connectivity index (χ1) is 8.10. The topological polar surface area (TPSA) is 55.1 Å². The first kappa shape index (κ1) is 13.3. The fourth-order valence-corrected chi connectivity index (χ4v) is 1.70. The number of nitrogens with one attached hydrogen (secondary N) is 1. The van der Waals surface area contributed by atoms with Gasteiger partial charge in [0, 0.05) is 5.69 Å². The molecular formula is C14H20N2O. The Hall–Kier alpha value is -1.77. The molecular weight excluding hydrogens is 212 g/mol. The standard InChI is InChI=1S/C14H20N2O/c1-4-10(3)13(14(15)17)16-12-9-7-6-8-11(12)5-2/h5-10,13,16H,2,4H2,1,3H3,(H2,15,17). The maximum absolute atomic E-state index is 11.4. The minimum atomic E-state index is -0.346. The first-order valence-electron chi connectivity index (χ1n) is 5.87. The van der Waals surface area contributed by atoms with Crippen molar-refractivity contribution in [3.63, 3.8) is 0 Å². The molecule has 3 nitrogen and oxygen atoms in total. The number of para-hydroxylation sites is 1. The Morgan fingerprint density at radius 2 is 2.18 bits per heavy atom. The van der Waals surface area contributed by atoms with Crippen molar-refractivity contribution < 1.29 is 4.79 Å². The molecule has 0 aliphatic rings. The van der Waals surface area contributed by atoms with Gasteiger partial charge in [0.1, 0.15) is 6.04 Å². The number of carbonyl (C=O) groups is 1. The predicted octanol–water partition coefficient (Wildman–Crippen LogP) is 2.64. The van der Waals surface area contributed by atoms with Crippen molar-refractivity contribution in [3.8, 4) is 0 Å². The van der Waals surface area contributed by atoms with Gasteiger partial charge in [0.05, 0.1) is 0 Å². The highest BCUT2D eigenvalue weighted by molar-refractivity contribution is 5.84. The molecule has 0 saturated heterocycles. The Labute approximate surface area is 103 Å². The van der Waals surface area contributed by atoms with Crippen LogP contribution in [0.1, 0.15) is 25.8 Å². The van der Waals surface area contributed by atoms with Crippen LogP contribution in [0, 0.1) is 5.92 Å². The molecule has 1 amide bonds. The summed E-state index contributed by atoms with van der Waals surface area (Å²) in [6, 6.07) is 7.38. The summed E-state index contributed by atoms with van der Waals surface area (Å²) in [6.07, 6.45) is 2.66. The molecule has 0 aliphatic carbocycles. The molecule has 17 heavy (non-hydrogen) atoms. The second kappa shape index (κ2) is 6.09. The third kappa shape index (κ3) is 3.34. The molecule has 0 bridgehead atoms. The smallest absolute Gasteiger partial charge is 0.240 e. The van der Waals surface area contributed by atoms with E-state index in [2.05, 4.69) is 11.9 Å². The molecule has 1 rings (SSSR count). The molecule has 1 aromatic carbocycles. The molecule has 0 aliphatic heterocycles. The van der Waals surface area contributed by atoms with Crippen LogP contribution in [0.4, 0.5) is 5.69 Å². The number of hydrogen-bond donors (Lipinski definition) is 2. The van der Waals surface area contributed by atoms with Gasteiger partial charge in [0.15, 0.2) is 0 Å². The summed E-state index contributed by atoms with van der Waals surface area (Å²) in [4.78, 5) is 11.4. The highest BCUT2D eigenvalue weighted by Gasteiger charge is 2.21. The Balaban J connectivity index is 2.93. The largest absolute Gasteiger partial charge is 0.373 e. The number of hydrogen-bond acceptors (Lipinski definition) is 2. The molecule has 0 spiro atoms. The van der Waals surface area contributed by atoms with Gasteiger partial charge in [-0.1, -0.05) is 51.1 Å². The number of benzene rings is 1. The zero-order valence-corrected chi connectivity index (χ0v) is 10.4. The third-order valence-electron chi connectivity index (χ3n) is 3.01. The predicted molar refractivity (Wildman–Crippen MR) is 72.6 cm³/mol. The fourth-order valence-electron chi connectivity index (χ4n) is 1.70. The van der Waals surface area contributed by atoms with Gasteiger partial charge >= 0.3 is 0 Å². The van der Waals surface area contributed by atoms with Gasteiger partial charge < -0.3 is 11.1 Å². The zero-order chi connectivity index (χ0) is 12.8. The molecule has 0 heterocycles. The summed E-state index contributed by atoms with van der Waals surface area (Å²) in [5.41, 5.74) is 7.29. The lowest BCUT2D eigenvalue weighted by Crippen LogP contribution is -2.40. The highest BCUT2D eigenvalue weighted by atomic mass is 16.1. The van der Waals surface area contributed by atoms with Crippen LogP contribution in [0.5, 0.6) is 0 Å². The average Bonchev–Trinajstić information content (AvgIpc) is 2.35. The van der Waals surface area contributed by atoms with Crippen LogP contribution in [0.25, 0.3) is 6.08 Å². The summed E-state index contributed by atoms with van der Waals surface area (Å²) < 4.78 is 0. The number of carbonyl (C=O) groups excluding carboxylic acids is 1. The van der Waals surface area contributed by atoms with E-state index in [1.54, 1.807) is 6.08 Å². The summed E-state index contributed by atoms with van der Waals surface area (Å²) in [5, 5.41) is 3.20. The molecule has 0 radical (unpaired) electrons. The third-order valence-corrected chi connectivity index (χ3v) is 3.01. The quantitative estimate of drug-likeness (QED) is 0.792. The van der Waals surface area contributed by atoms with Crippen LogP contribution >= 0.6 is 0 Å². The van der Waals surface area contributed by atoms with E-state index in [1.165, 1.54) is 0 Å². The fraction of sp³-hybridized carbons (Fsp3) is 0.357. The molecule has 3 N–H and O–H groups in total. The lowest BCUT2D eigenvalue weighted by atomic mass is 9.98. The van der Waals surface area contributed by atoms with Crippen LogP contribution in [0.3, 0.4) is 0 Å². The normalized spacial score (nSPS) is 13.8. The average molecular weight is 232 g/mol. The van der Waals surface area contributed by atoms with Crippen LogP contribution in [0.15, 0.2) is 30.8 Å². The minimum absolute atomic E-state index is 0.199. The maximum Gasteiger partial charge on any atom is 0.240 e. The van der Waals surface area contributed by atoms with Gasteiger partial charge in [0.25, 0.3) is 0 Å². The molecule has 3 heteroatoms. The molecule has 92 valence electrons. The molecule has 2 atom stereocenters. The number of rotatable bonds is 6. The maximum atomic E-state index is 11.4. The Morgan fingerprint density at radius 3 is 2.71 bits per heavy atom. The lowest BCUT2D eigenvalue weighted by Gasteiger charge is -2.23. The van der Waals surface area contributed by atoms with Gasteiger partial charge in [-0.25, -0.2) is 0 Å². The second-order valence-corrected chi connectivity index (χ2v) is 4.20. The van der Waals surface area contributed by atoms with Crippen molar-refractivity contribution in [1.29, 1.82) is 0 Å². The SMILES string of the molecule is C=Cc1ccccc1NC(C(N)=O)C(C)CC. The van der Waals surface area contributed by atoms with Crippen LogP contribution in [-0.4, -0.2) is 11.9 Å². The van der Waals surface area contributed by atoms with Gasteiger partial charge in [-0.3, -0.25) is 4.79 Å². The van der Waals surface area contributed by atoms with E-state index < -0.39 is 0 Å². The van der Waals surface area contributed by atoms with Crippen molar-refractivity contribution >= 4 is 17.7 Å². The van der Waals surface area contributed by atoms with Gasteiger partial charge in [0.2, 0.25) is 5.91 Å². The summed E-state index contributed by atoms with van der Waals surface area (Å²) in [5.74, 6) is -0.122. The summed E-state index contributed by atoms with van der Waals surface area (Å²) >= 11 is 0. The van der Waals surface area contributed by atoms with E-state index in [0.29, 0.717) is 0 Å². The molecule has 2 unspecified atom stereocenters. The van der Waals surface area contributed by atoms with Crippen molar-refractivity contribution in [2.75, 3.05) is 5.32 Å². The highest BCUT2D eigenvalue weighted by Crippen LogP contribution is 2.20. The van der Waals surface area contributed by atoms with Crippen molar-refractivity contribution in [1.82, 2.24) is 0 Å². The summed E-state index contributed by atoms with van der Waals surface area (Å²) in [7, 11) is 0. The number of amides is 1. The second-order valence-electron chi connectivity index (χ2n) is 4.20. The van der Waals surface area contributed by atoms with E-state index in [0.717, 1.165) is 17.7 Å². The molecule has 0 saturated carbocycles. The monoisotopic (exact) mass is 232 g/mol. The van der Waals surface area contributed by atoms with Gasteiger partial charge in [-0.2, -0.15) is 0 Å². The molecule has 1 aromatic rings. The van der Waals surface area contributed by atoms with E-state index in [1.807, 2.05) is 38.1 Å². The number of nitrogens with two attached hydrogens (primary N) is 1. The Kier molecular flexibility index (Phi) is 4.76. The molecule has 0 aromatic heterocycles. The number of anilines is 1. The van der Waals surface area contributed by atoms with Crippen LogP contribution in [-0.2, 0) is 4.79 Å². The van der Waals surface area contributed by atoms with Crippen LogP contribution in [0.2, 0.25) is 0 Å². The Bertz CT molecular complexity index is 401. The molecule has 0 fully saturated rings. The van der Waals surface area contributed by atoms with Gasteiger partial charge in [-0.05, 0) is 17.5 Å². The van der Waals surface area contributed by atoms with E-state index in [4.69, 9.17) is 5.73 Å². The summed E-state index contributed by atoms with van der Waals surface area (Å²) in [6.45, 7) is 7.81. The van der Waals surface area contributed by atoms with Crippen molar-refractivity contribution in [2.24, 2.45) is 11.7 Å². The van der Waals surface area contributed by atoms with Crippen LogP contribution < -0.4 is 11.1 Å². The first-order valence-corrected chi connectivity index (χ1v) is 5.87.